The zero-order valence-corrected chi connectivity index (χ0v) is 13.2. The van der Waals surface area contributed by atoms with E-state index in [0.29, 0.717) is 16.9 Å². The molecule has 0 aliphatic carbocycles. The van der Waals surface area contributed by atoms with Gasteiger partial charge in [-0.1, -0.05) is 53.5 Å². The molecule has 2 nitrogen and oxygen atoms in total. The third kappa shape index (κ3) is 3.46. The number of benzene rings is 2. The molecule has 0 heterocycles. The van der Waals surface area contributed by atoms with Gasteiger partial charge in [0.1, 0.15) is 10.8 Å². The SMILES string of the molecule is COc1ccc(C(=O)/C(C)=C/c2ccccc2)c(Cl)c1Cl. The van der Waals surface area contributed by atoms with Gasteiger partial charge in [0.15, 0.2) is 5.78 Å². The van der Waals surface area contributed by atoms with E-state index >= 15 is 0 Å². The summed E-state index contributed by atoms with van der Waals surface area (Å²) in [5, 5.41) is 0.458. The molecule has 4 heteroatoms. The van der Waals surface area contributed by atoms with Crippen LogP contribution in [0.1, 0.15) is 22.8 Å². The highest BCUT2D eigenvalue weighted by molar-refractivity contribution is 6.45. The van der Waals surface area contributed by atoms with Crippen molar-refractivity contribution in [1.82, 2.24) is 0 Å². The average molecular weight is 321 g/mol. The molecule has 0 fully saturated rings. The lowest BCUT2D eigenvalue weighted by Crippen LogP contribution is -2.02. The summed E-state index contributed by atoms with van der Waals surface area (Å²) in [4.78, 5) is 12.5. The van der Waals surface area contributed by atoms with Crippen molar-refractivity contribution in [3.05, 3.63) is 69.2 Å². The van der Waals surface area contributed by atoms with E-state index in [1.54, 1.807) is 19.1 Å². The van der Waals surface area contributed by atoms with E-state index in [4.69, 9.17) is 27.9 Å². The fourth-order valence-corrected chi connectivity index (χ4v) is 2.43. The van der Waals surface area contributed by atoms with Gasteiger partial charge in [-0.15, -0.1) is 0 Å². The number of allylic oxidation sites excluding steroid dienone is 1. The Labute approximate surface area is 134 Å². The summed E-state index contributed by atoms with van der Waals surface area (Å²) in [6, 6.07) is 12.9. The van der Waals surface area contributed by atoms with Crippen molar-refractivity contribution < 1.29 is 9.53 Å². The van der Waals surface area contributed by atoms with E-state index in [-0.39, 0.29) is 15.8 Å². The molecule has 0 aromatic heterocycles. The smallest absolute Gasteiger partial charge is 0.190 e. The van der Waals surface area contributed by atoms with Crippen LogP contribution in [0, 0.1) is 0 Å². The molecule has 0 unspecified atom stereocenters. The Hall–Kier alpha value is -1.77. The Morgan fingerprint density at radius 2 is 1.71 bits per heavy atom. The van der Waals surface area contributed by atoms with Gasteiger partial charge in [-0.3, -0.25) is 4.79 Å². The lowest BCUT2D eigenvalue weighted by molar-refractivity contribution is 0.103. The second-order valence-electron chi connectivity index (χ2n) is 4.51. The van der Waals surface area contributed by atoms with Crippen LogP contribution in [0.15, 0.2) is 48.0 Å². The first-order valence-electron chi connectivity index (χ1n) is 6.34. The Balaban J connectivity index is 2.37. The van der Waals surface area contributed by atoms with Crippen molar-refractivity contribution in [1.29, 1.82) is 0 Å². The molecule has 2 aromatic carbocycles. The van der Waals surface area contributed by atoms with Gasteiger partial charge in [0, 0.05) is 5.56 Å². The van der Waals surface area contributed by atoms with Crippen LogP contribution in [0.5, 0.6) is 5.75 Å². The van der Waals surface area contributed by atoms with E-state index < -0.39 is 0 Å². The zero-order chi connectivity index (χ0) is 15.4. The molecule has 21 heavy (non-hydrogen) atoms. The van der Waals surface area contributed by atoms with Crippen molar-refractivity contribution in [3.63, 3.8) is 0 Å². The Morgan fingerprint density at radius 3 is 2.33 bits per heavy atom. The predicted octanol–water partition coefficient (Wildman–Crippen LogP) is 5.29. The Bertz CT molecular complexity index is 691. The summed E-state index contributed by atoms with van der Waals surface area (Å²) < 4.78 is 5.07. The van der Waals surface area contributed by atoms with E-state index in [9.17, 15) is 4.79 Å². The third-order valence-electron chi connectivity index (χ3n) is 3.05. The molecule has 0 saturated carbocycles. The maximum Gasteiger partial charge on any atom is 0.190 e. The molecule has 0 N–H and O–H groups in total. The highest BCUT2D eigenvalue weighted by atomic mass is 35.5. The number of halogens is 2. The molecule has 0 radical (unpaired) electrons. The lowest BCUT2D eigenvalue weighted by atomic mass is 10.0. The first-order chi connectivity index (χ1) is 10.0. The molecule has 0 atom stereocenters. The lowest BCUT2D eigenvalue weighted by Gasteiger charge is -2.09. The molecule has 2 rings (SSSR count). The predicted molar refractivity (Wildman–Crippen MR) is 87.4 cm³/mol. The van der Waals surface area contributed by atoms with Gasteiger partial charge in [0.2, 0.25) is 0 Å². The standard InChI is InChI=1S/C17H14Cl2O2/c1-11(10-12-6-4-3-5-7-12)17(20)13-8-9-14(21-2)16(19)15(13)18/h3-10H,1-2H3/b11-10+. The van der Waals surface area contributed by atoms with Gasteiger partial charge in [-0.2, -0.15) is 0 Å². The normalized spacial score (nSPS) is 11.3. The number of carbonyl (C=O) groups excluding carboxylic acids is 1. The van der Waals surface area contributed by atoms with Gasteiger partial charge in [0.25, 0.3) is 0 Å². The van der Waals surface area contributed by atoms with Gasteiger partial charge >= 0.3 is 0 Å². The van der Waals surface area contributed by atoms with Crippen molar-refractivity contribution >= 4 is 35.1 Å². The summed E-state index contributed by atoms with van der Waals surface area (Å²) in [5.41, 5.74) is 1.91. The molecule has 0 spiro atoms. The van der Waals surface area contributed by atoms with Crippen molar-refractivity contribution in [2.24, 2.45) is 0 Å². The van der Waals surface area contributed by atoms with Crippen LogP contribution in [-0.2, 0) is 0 Å². The van der Waals surface area contributed by atoms with E-state index in [2.05, 4.69) is 0 Å². The number of rotatable bonds is 4. The number of Topliss-reactive ketones (excluding diaryl/α,β-unsaturated/α-hetero) is 1. The van der Waals surface area contributed by atoms with E-state index in [1.165, 1.54) is 7.11 Å². The maximum atomic E-state index is 12.5. The summed E-state index contributed by atoms with van der Waals surface area (Å²) in [6.07, 6.45) is 1.82. The van der Waals surface area contributed by atoms with Gasteiger partial charge in [-0.25, -0.2) is 0 Å². The number of carbonyl (C=O) groups is 1. The topological polar surface area (TPSA) is 26.3 Å². The average Bonchev–Trinajstić information content (AvgIpc) is 2.50. The fourth-order valence-electron chi connectivity index (χ4n) is 1.94. The second kappa shape index (κ2) is 6.79. The van der Waals surface area contributed by atoms with Crippen molar-refractivity contribution in [2.45, 2.75) is 6.92 Å². The van der Waals surface area contributed by atoms with Crippen molar-refractivity contribution in [3.8, 4) is 5.75 Å². The number of hydrogen-bond acceptors (Lipinski definition) is 2. The van der Waals surface area contributed by atoms with Crippen LogP contribution in [0.3, 0.4) is 0 Å². The van der Waals surface area contributed by atoms with Gasteiger partial charge in [-0.05, 0) is 36.3 Å². The maximum absolute atomic E-state index is 12.5. The van der Waals surface area contributed by atoms with Crippen LogP contribution in [-0.4, -0.2) is 12.9 Å². The minimum atomic E-state index is -0.159. The molecule has 108 valence electrons. The Kier molecular flexibility index (Phi) is 5.05. The monoisotopic (exact) mass is 320 g/mol. The first kappa shape index (κ1) is 15.6. The highest BCUT2D eigenvalue weighted by Crippen LogP contribution is 2.35. The second-order valence-corrected chi connectivity index (χ2v) is 5.27. The molecule has 0 saturated heterocycles. The van der Waals surface area contributed by atoms with E-state index in [1.807, 2.05) is 36.4 Å². The highest BCUT2D eigenvalue weighted by Gasteiger charge is 2.17. The summed E-state index contributed by atoms with van der Waals surface area (Å²) in [6.45, 7) is 1.75. The minimum absolute atomic E-state index is 0.159. The molecular weight excluding hydrogens is 307 g/mol. The number of methoxy groups -OCH3 is 1. The Morgan fingerprint density at radius 1 is 1.05 bits per heavy atom. The quantitative estimate of drug-likeness (QED) is 0.565. The van der Waals surface area contributed by atoms with Crippen LogP contribution < -0.4 is 4.74 Å². The fraction of sp³-hybridized carbons (Fsp3) is 0.118. The number of ketones is 1. The van der Waals surface area contributed by atoms with Crippen LogP contribution in [0.2, 0.25) is 10.0 Å². The first-order valence-corrected chi connectivity index (χ1v) is 7.10. The van der Waals surface area contributed by atoms with E-state index in [0.717, 1.165) is 5.56 Å². The van der Waals surface area contributed by atoms with Gasteiger partial charge in [0.05, 0.1) is 12.1 Å². The number of ether oxygens (including phenoxy) is 1. The van der Waals surface area contributed by atoms with Crippen LogP contribution in [0.25, 0.3) is 6.08 Å². The molecule has 2 aromatic rings. The van der Waals surface area contributed by atoms with Crippen molar-refractivity contribution in [2.75, 3.05) is 7.11 Å². The molecule has 0 aliphatic heterocycles. The number of hydrogen-bond donors (Lipinski definition) is 0. The summed E-state index contributed by atoms with van der Waals surface area (Å²) in [7, 11) is 1.50. The molecule has 0 amide bonds. The third-order valence-corrected chi connectivity index (χ3v) is 3.92. The van der Waals surface area contributed by atoms with Gasteiger partial charge < -0.3 is 4.74 Å². The minimum Gasteiger partial charge on any atom is -0.495 e. The van der Waals surface area contributed by atoms with Crippen LogP contribution >= 0.6 is 23.2 Å². The van der Waals surface area contributed by atoms with Crippen LogP contribution in [0.4, 0.5) is 0 Å². The molecular formula is C17H14Cl2O2. The summed E-state index contributed by atoms with van der Waals surface area (Å²) in [5.74, 6) is 0.288. The molecule has 0 bridgehead atoms. The zero-order valence-electron chi connectivity index (χ0n) is 11.7. The summed E-state index contributed by atoms with van der Waals surface area (Å²) >= 11 is 12.2. The molecule has 0 aliphatic rings. The largest absolute Gasteiger partial charge is 0.495 e.